The van der Waals surface area contributed by atoms with Crippen LogP contribution in [0.1, 0.15) is 52.9 Å². The van der Waals surface area contributed by atoms with Crippen molar-refractivity contribution < 1.29 is 19.4 Å². The molecule has 0 fully saturated rings. The highest BCUT2D eigenvalue weighted by Gasteiger charge is 2.37. The van der Waals surface area contributed by atoms with E-state index in [0.717, 1.165) is 19.3 Å². The average molecular weight is 230 g/mol. The van der Waals surface area contributed by atoms with Gasteiger partial charge >= 0.3 is 11.9 Å². The zero-order valence-electron chi connectivity index (χ0n) is 10.4. The number of carboxylic acids is 1. The second-order valence-electron chi connectivity index (χ2n) is 4.48. The van der Waals surface area contributed by atoms with E-state index in [9.17, 15) is 9.59 Å². The molecule has 0 aromatic rings. The van der Waals surface area contributed by atoms with Gasteiger partial charge in [0, 0.05) is 0 Å². The molecule has 0 heterocycles. The Kier molecular flexibility index (Phi) is 6.77. The molecule has 0 spiro atoms. The first-order valence-electron chi connectivity index (χ1n) is 5.83. The number of rotatable bonds is 8. The Hall–Kier alpha value is -1.06. The summed E-state index contributed by atoms with van der Waals surface area (Å²) in [7, 11) is 0. The molecular formula is C12H22O4. The molecule has 0 aliphatic rings. The van der Waals surface area contributed by atoms with Crippen LogP contribution in [0.5, 0.6) is 0 Å². The number of unbranched alkanes of at least 4 members (excludes halogenated alkanes) is 4. The predicted molar refractivity (Wildman–Crippen MR) is 61.1 cm³/mol. The molecule has 0 aromatic carbocycles. The first-order chi connectivity index (χ1) is 7.42. The van der Waals surface area contributed by atoms with Crippen molar-refractivity contribution in [2.45, 2.75) is 52.9 Å². The van der Waals surface area contributed by atoms with Crippen molar-refractivity contribution in [3.8, 4) is 0 Å². The SMILES string of the molecule is CCCCCCCOC(=O)C(C)(C)C(=O)O. The topological polar surface area (TPSA) is 63.6 Å². The van der Waals surface area contributed by atoms with Crippen LogP contribution in [0.3, 0.4) is 0 Å². The Bertz CT molecular complexity index is 233. The van der Waals surface area contributed by atoms with Crippen molar-refractivity contribution in [3.05, 3.63) is 0 Å². The highest BCUT2D eigenvalue weighted by Crippen LogP contribution is 2.17. The molecule has 0 radical (unpaired) electrons. The zero-order chi connectivity index (χ0) is 12.6. The van der Waals surface area contributed by atoms with Crippen LogP contribution < -0.4 is 0 Å². The molecule has 0 rings (SSSR count). The van der Waals surface area contributed by atoms with E-state index in [-0.39, 0.29) is 0 Å². The van der Waals surface area contributed by atoms with E-state index in [4.69, 9.17) is 9.84 Å². The van der Waals surface area contributed by atoms with Crippen molar-refractivity contribution >= 4 is 11.9 Å². The normalized spacial score (nSPS) is 11.2. The van der Waals surface area contributed by atoms with Gasteiger partial charge in [0.1, 0.15) is 0 Å². The molecule has 0 aliphatic carbocycles. The third-order valence-corrected chi connectivity index (χ3v) is 2.53. The Balaban J connectivity index is 3.70. The fourth-order valence-corrected chi connectivity index (χ4v) is 1.14. The lowest BCUT2D eigenvalue weighted by Gasteiger charge is -2.17. The van der Waals surface area contributed by atoms with Gasteiger partial charge < -0.3 is 9.84 Å². The first-order valence-corrected chi connectivity index (χ1v) is 5.83. The minimum Gasteiger partial charge on any atom is -0.480 e. The first kappa shape index (κ1) is 14.9. The highest BCUT2D eigenvalue weighted by molar-refractivity contribution is 5.98. The van der Waals surface area contributed by atoms with Crippen molar-refractivity contribution in [1.82, 2.24) is 0 Å². The van der Waals surface area contributed by atoms with Crippen LogP contribution in [-0.2, 0) is 14.3 Å². The lowest BCUT2D eigenvalue weighted by atomic mass is 9.94. The van der Waals surface area contributed by atoms with E-state index in [1.54, 1.807) is 0 Å². The van der Waals surface area contributed by atoms with Gasteiger partial charge in [-0.3, -0.25) is 9.59 Å². The molecule has 94 valence electrons. The molecule has 0 amide bonds. The van der Waals surface area contributed by atoms with Crippen LogP contribution in [0, 0.1) is 5.41 Å². The van der Waals surface area contributed by atoms with Gasteiger partial charge in [0.05, 0.1) is 6.61 Å². The number of carboxylic acid groups (broad SMARTS) is 1. The summed E-state index contributed by atoms with van der Waals surface area (Å²) in [6.07, 6.45) is 5.33. The Morgan fingerprint density at radius 2 is 1.69 bits per heavy atom. The summed E-state index contributed by atoms with van der Waals surface area (Å²) in [5, 5.41) is 8.78. The number of hydrogen-bond acceptors (Lipinski definition) is 3. The fourth-order valence-electron chi connectivity index (χ4n) is 1.14. The number of carbonyl (C=O) groups excluding carboxylic acids is 1. The van der Waals surface area contributed by atoms with Gasteiger partial charge in [-0.2, -0.15) is 0 Å². The summed E-state index contributed by atoms with van der Waals surface area (Å²) in [4.78, 5) is 22.1. The molecule has 0 unspecified atom stereocenters. The average Bonchev–Trinajstić information content (AvgIpc) is 2.22. The molecule has 16 heavy (non-hydrogen) atoms. The van der Waals surface area contributed by atoms with Gasteiger partial charge in [0.15, 0.2) is 5.41 Å². The fraction of sp³-hybridized carbons (Fsp3) is 0.833. The van der Waals surface area contributed by atoms with Crippen LogP contribution in [0.15, 0.2) is 0 Å². The quantitative estimate of drug-likeness (QED) is 0.395. The lowest BCUT2D eigenvalue weighted by molar-refractivity contribution is -0.166. The molecular weight excluding hydrogens is 208 g/mol. The second kappa shape index (κ2) is 7.25. The minimum atomic E-state index is -1.44. The summed E-state index contributed by atoms with van der Waals surface area (Å²) in [6.45, 7) is 5.16. The van der Waals surface area contributed by atoms with Crippen LogP contribution in [0.4, 0.5) is 0 Å². The van der Waals surface area contributed by atoms with Crippen LogP contribution in [0.2, 0.25) is 0 Å². The van der Waals surface area contributed by atoms with Crippen LogP contribution >= 0.6 is 0 Å². The number of ether oxygens (including phenoxy) is 1. The molecule has 4 heteroatoms. The Morgan fingerprint density at radius 3 is 2.19 bits per heavy atom. The molecule has 0 saturated carbocycles. The summed E-state index contributed by atoms with van der Waals surface area (Å²) in [5.41, 5.74) is -1.44. The zero-order valence-corrected chi connectivity index (χ0v) is 10.4. The molecule has 4 nitrogen and oxygen atoms in total. The molecule has 1 N–H and O–H groups in total. The van der Waals surface area contributed by atoms with Crippen molar-refractivity contribution in [1.29, 1.82) is 0 Å². The maximum absolute atomic E-state index is 11.4. The van der Waals surface area contributed by atoms with Crippen molar-refractivity contribution in [3.63, 3.8) is 0 Å². The second-order valence-corrected chi connectivity index (χ2v) is 4.48. The highest BCUT2D eigenvalue weighted by atomic mass is 16.5. The molecule has 0 bridgehead atoms. The maximum atomic E-state index is 11.4. The maximum Gasteiger partial charge on any atom is 0.322 e. The van der Waals surface area contributed by atoms with Gasteiger partial charge in [0.2, 0.25) is 0 Å². The van der Waals surface area contributed by atoms with Gasteiger partial charge in [-0.15, -0.1) is 0 Å². The van der Waals surface area contributed by atoms with Gasteiger partial charge in [-0.05, 0) is 20.3 Å². The summed E-state index contributed by atoms with van der Waals surface area (Å²) in [6, 6.07) is 0. The number of esters is 1. The number of hydrogen-bond donors (Lipinski definition) is 1. The molecule has 0 atom stereocenters. The third kappa shape index (κ3) is 5.14. The molecule has 0 saturated heterocycles. The lowest BCUT2D eigenvalue weighted by Crippen LogP contribution is -2.35. The van der Waals surface area contributed by atoms with Crippen LogP contribution in [0.25, 0.3) is 0 Å². The monoisotopic (exact) mass is 230 g/mol. The Morgan fingerprint density at radius 1 is 1.12 bits per heavy atom. The van der Waals surface area contributed by atoms with E-state index >= 15 is 0 Å². The Labute approximate surface area is 97.0 Å². The number of aliphatic carboxylic acids is 1. The minimum absolute atomic E-state index is 0.319. The summed E-state index contributed by atoms with van der Waals surface area (Å²) in [5.74, 6) is -1.81. The van der Waals surface area contributed by atoms with E-state index < -0.39 is 17.4 Å². The van der Waals surface area contributed by atoms with Gasteiger partial charge in [-0.1, -0.05) is 32.6 Å². The van der Waals surface area contributed by atoms with Gasteiger partial charge in [0.25, 0.3) is 0 Å². The summed E-state index contributed by atoms with van der Waals surface area (Å²) >= 11 is 0. The van der Waals surface area contributed by atoms with E-state index in [0.29, 0.717) is 6.61 Å². The van der Waals surface area contributed by atoms with E-state index in [1.807, 2.05) is 0 Å². The van der Waals surface area contributed by atoms with Crippen molar-refractivity contribution in [2.75, 3.05) is 6.61 Å². The van der Waals surface area contributed by atoms with Gasteiger partial charge in [-0.25, -0.2) is 0 Å². The smallest absolute Gasteiger partial charge is 0.322 e. The predicted octanol–water partition coefficient (Wildman–Crippen LogP) is 2.61. The third-order valence-electron chi connectivity index (χ3n) is 2.53. The van der Waals surface area contributed by atoms with E-state index in [1.165, 1.54) is 26.7 Å². The molecule has 0 aromatic heterocycles. The number of carbonyl (C=O) groups is 2. The molecule has 0 aliphatic heterocycles. The largest absolute Gasteiger partial charge is 0.480 e. The summed E-state index contributed by atoms with van der Waals surface area (Å²) < 4.78 is 4.93. The van der Waals surface area contributed by atoms with Crippen LogP contribution in [-0.4, -0.2) is 23.7 Å². The van der Waals surface area contributed by atoms with Crippen molar-refractivity contribution in [2.24, 2.45) is 5.41 Å². The standard InChI is InChI=1S/C12H22O4/c1-4-5-6-7-8-9-16-11(15)12(2,3)10(13)14/h4-9H2,1-3H3,(H,13,14). The van der Waals surface area contributed by atoms with E-state index in [2.05, 4.69) is 6.92 Å².